The van der Waals surface area contributed by atoms with E-state index >= 15 is 0 Å². The highest BCUT2D eigenvalue weighted by atomic mass is 16.5. The van der Waals surface area contributed by atoms with E-state index in [-0.39, 0.29) is 23.4 Å². The summed E-state index contributed by atoms with van der Waals surface area (Å²) in [6.45, 7) is 1.19. The molecule has 1 fully saturated rings. The second-order valence-electron chi connectivity index (χ2n) is 5.94. The number of amides is 1. The normalized spacial score (nSPS) is 20.0. The maximum atomic E-state index is 12.2. The third-order valence-corrected chi connectivity index (χ3v) is 4.14. The Balaban J connectivity index is 1.49. The van der Waals surface area contributed by atoms with Gasteiger partial charge in [0.25, 0.3) is 5.56 Å². The van der Waals surface area contributed by atoms with Crippen LogP contribution in [0, 0.1) is 5.92 Å². The zero-order chi connectivity index (χ0) is 16.8. The molecule has 1 amide bonds. The van der Waals surface area contributed by atoms with Gasteiger partial charge in [0.15, 0.2) is 0 Å². The van der Waals surface area contributed by atoms with Gasteiger partial charge in [-0.3, -0.25) is 14.6 Å². The first-order chi connectivity index (χ1) is 11.7. The van der Waals surface area contributed by atoms with E-state index < -0.39 is 0 Å². The van der Waals surface area contributed by atoms with Crippen molar-refractivity contribution in [2.45, 2.75) is 25.3 Å². The highest BCUT2D eigenvalue weighted by Gasteiger charge is 2.29. The highest BCUT2D eigenvalue weighted by Crippen LogP contribution is 2.19. The summed E-state index contributed by atoms with van der Waals surface area (Å²) in [6.07, 6.45) is 5.23. The molecule has 3 heterocycles. The van der Waals surface area contributed by atoms with Crippen molar-refractivity contribution in [3.05, 3.63) is 58.3 Å². The van der Waals surface area contributed by atoms with Gasteiger partial charge in [0.1, 0.15) is 0 Å². The molecule has 24 heavy (non-hydrogen) atoms. The number of aromatic nitrogens is 3. The van der Waals surface area contributed by atoms with Crippen molar-refractivity contribution in [2.24, 2.45) is 5.92 Å². The second-order valence-corrected chi connectivity index (χ2v) is 5.94. The van der Waals surface area contributed by atoms with Gasteiger partial charge in [-0.2, -0.15) is 5.10 Å². The van der Waals surface area contributed by atoms with Crippen LogP contribution in [0.4, 0.5) is 0 Å². The van der Waals surface area contributed by atoms with Crippen LogP contribution in [0.5, 0.6) is 0 Å². The molecule has 2 aromatic rings. The Morgan fingerprint density at radius 1 is 1.25 bits per heavy atom. The number of hydrogen-bond acceptors (Lipinski definition) is 5. The first-order valence-electron chi connectivity index (χ1n) is 8.01. The molecule has 2 aromatic heterocycles. The number of pyridine rings is 1. The summed E-state index contributed by atoms with van der Waals surface area (Å²) in [5, 5.41) is 9.33. The van der Waals surface area contributed by atoms with Gasteiger partial charge < -0.3 is 10.1 Å². The Morgan fingerprint density at radius 2 is 2.08 bits per heavy atom. The first-order valence-corrected chi connectivity index (χ1v) is 8.01. The van der Waals surface area contributed by atoms with Crippen molar-refractivity contribution in [1.82, 2.24) is 20.5 Å². The highest BCUT2D eigenvalue weighted by molar-refractivity contribution is 5.76. The molecule has 0 radical (unpaired) electrons. The van der Waals surface area contributed by atoms with Crippen molar-refractivity contribution in [3.63, 3.8) is 0 Å². The summed E-state index contributed by atoms with van der Waals surface area (Å²) in [7, 11) is 0. The largest absolute Gasteiger partial charge is 0.379 e. The molecule has 126 valence electrons. The van der Waals surface area contributed by atoms with Crippen LogP contribution >= 0.6 is 0 Å². The molecule has 0 aromatic carbocycles. The van der Waals surface area contributed by atoms with Gasteiger partial charge in [0, 0.05) is 37.2 Å². The topological polar surface area (TPSA) is 97.0 Å². The molecule has 7 nitrogen and oxygen atoms in total. The first kappa shape index (κ1) is 16.3. The summed E-state index contributed by atoms with van der Waals surface area (Å²) in [5.41, 5.74) is 1.64. The molecule has 0 saturated carbocycles. The van der Waals surface area contributed by atoms with Crippen molar-refractivity contribution < 1.29 is 9.53 Å². The minimum absolute atomic E-state index is 0.0224. The predicted molar refractivity (Wildman–Crippen MR) is 87.4 cm³/mol. The van der Waals surface area contributed by atoms with E-state index in [9.17, 15) is 9.59 Å². The molecule has 0 bridgehead atoms. The summed E-state index contributed by atoms with van der Waals surface area (Å²) in [5.74, 6) is 0.237. The van der Waals surface area contributed by atoms with E-state index in [1.807, 2.05) is 12.1 Å². The van der Waals surface area contributed by atoms with Crippen LogP contribution in [-0.2, 0) is 22.4 Å². The molecular weight excluding hydrogens is 308 g/mol. The van der Waals surface area contributed by atoms with Crippen molar-refractivity contribution in [2.75, 3.05) is 13.2 Å². The van der Waals surface area contributed by atoms with E-state index in [4.69, 9.17) is 4.74 Å². The zero-order valence-electron chi connectivity index (χ0n) is 13.3. The molecule has 7 heteroatoms. The standard InChI is InChI=1S/C17H20N4O3/c22-16(3-1-14-2-4-17(23)21-20-14)19-15-11-24-10-13(15)9-12-5-7-18-8-6-12/h2,4-8,13,15H,1,3,9-11H2,(H,19,22)(H,21,23)/t13-,15-/m1/s1. The van der Waals surface area contributed by atoms with Crippen molar-refractivity contribution >= 4 is 5.91 Å². The lowest BCUT2D eigenvalue weighted by atomic mass is 9.95. The van der Waals surface area contributed by atoms with Crippen LogP contribution < -0.4 is 10.9 Å². The van der Waals surface area contributed by atoms with Crippen LogP contribution in [0.2, 0.25) is 0 Å². The number of nitrogens with one attached hydrogen (secondary N) is 2. The number of H-pyrrole nitrogens is 1. The maximum absolute atomic E-state index is 12.2. The molecule has 2 atom stereocenters. The van der Waals surface area contributed by atoms with Crippen molar-refractivity contribution in [3.8, 4) is 0 Å². The molecule has 0 aliphatic carbocycles. The van der Waals surface area contributed by atoms with Crippen LogP contribution in [0.15, 0.2) is 41.5 Å². The van der Waals surface area contributed by atoms with E-state index in [0.29, 0.717) is 31.7 Å². The van der Waals surface area contributed by atoms with E-state index in [2.05, 4.69) is 20.5 Å². The smallest absolute Gasteiger partial charge is 0.264 e. The maximum Gasteiger partial charge on any atom is 0.264 e. The monoisotopic (exact) mass is 328 g/mol. The molecule has 0 unspecified atom stereocenters. The quantitative estimate of drug-likeness (QED) is 0.803. The number of aromatic amines is 1. The molecule has 1 saturated heterocycles. The minimum atomic E-state index is -0.245. The van der Waals surface area contributed by atoms with Gasteiger partial charge in [-0.15, -0.1) is 0 Å². The van der Waals surface area contributed by atoms with Crippen LogP contribution in [0.3, 0.4) is 0 Å². The Hall–Kier alpha value is -2.54. The number of carbonyl (C=O) groups is 1. The van der Waals surface area contributed by atoms with Crippen LogP contribution in [0.25, 0.3) is 0 Å². The lowest BCUT2D eigenvalue weighted by molar-refractivity contribution is -0.122. The Labute approximate surface area is 139 Å². The van der Waals surface area contributed by atoms with Gasteiger partial charge in [0.2, 0.25) is 5.91 Å². The second kappa shape index (κ2) is 7.83. The van der Waals surface area contributed by atoms with Crippen molar-refractivity contribution in [1.29, 1.82) is 0 Å². The van der Waals surface area contributed by atoms with E-state index in [1.54, 1.807) is 18.5 Å². The third kappa shape index (κ3) is 4.48. The summed E-state index contributed by atoms with van der Waals surface area (Å²) >= 11 is 0. The average Bonchev–Trinajstić information content (AvgIpc) is 3.02. The average molecular weight is 328 g/mol. The minimum Gasteiger partial charge on any atom is -0.379 e. The molecule has 3 rings (SSSR count). The lowest BCUT2D eigenvalue weighted by Crippen LogP contribution is -2.40. The predicted octanol–water partition coefficient (Wildman–Crippen LogP) is 0.471. The Kier molecular flexibility index (Phi) is 5.32. The number of carbonyl (C=O) groups excluding carboxylic acids is 1. The molecular formula is C17H20N4O3. The molecule has 1 aliphatic rings. The number of nitrogens with zero attached hydrogens (tertiary/aromatic N) is 2. The number of hydrogen-bond donors (Lipinski definition) is 2. The Morgan fingerprint density at radius 3 is 2.83 bits per heavy atom. The number of ether oxygens (including phenoxy) is 1. The third-order valence-electron chi connectivity index (χ3n) is 4.14. The van der Waals surface area contributed by atoms with Gasteiger partial charge in [0.05, 0.1) is 24.9 Å². The van der Waals surface area contributed by atoms with E-state index in [0.717, 1.165) is 6.42 Å². The van der Waals surface area contributed by atoms with Crippen LogP contribution in [0.1, 0.15) is 17.7 Å². The summed E-state index contributed by atoms with van der Waals surface area (Å²) < 4.78 is 5.54. The number of rotatable bonds is 6. The fourth-order valence-electron chi connectivity index (χ4n) is 2.81. The zero-order valence-corrected chi connectivity index (χ0v) is 13.3. The van der Waals surface area contributed by atoms with Gasteiger partial charge in [-0.25, -0.2) is 5.10 Å². The van der Waals surface area contributed by atoms with Gasteiger partial charge >= 0.3 is 0 Å². The van der Waals surface area contributed by atoms with Gasteiger partial charge in [-0.1, -0.05) is 0 Å². The Bertz CT molecular complexity index is 712. The molecule has 2 N–H and O–H groups in total. The fraction of sp³-hybridized carbons (Fsp3) is 0.412. The summed E-state index contributed by atoms with van der Waals surface area (Å²) in [6, 6.07) is 7.04. The fourth-order valence-corrected chi connectivity index (χ4v) is 2.81. The summed E-state index contributed by atoms with van der Waals surface area (Å²) in [4.78, 5) is 27.1. The van der Waals surface area contributed by atoms with Crippen LogP contribution in [-0.4, -0.2) is 40.3 Å². The molecule has 0 spiro atoms. The van der Waals surface area contributed by atoms with E-state index in [1.165, 1.54) is 11.6 Å². The van der Waals surface area contributed by atoms with Gasteiger partial charge in [-0.05, 0) is 30.2 Å². The lowest BCUT2D eigenvalue weighted by Gasteiger charge is -2.19. The molecule has 1 aliphatic heterocycles. The number of aryl methyl sites for hydroxylation is 1. The SMILES string of the molecule is O=C(CCc1ccc(=O)[nH]n1)N[C@@H]1COC[C@H]1Cc1ccncc1.